The number of ether oxygens (including phenoxy) is 1. The molecule has 0 N–H and O–H groups in total. The van der Waals surface area contributed by atoms with E-state index in [0.29, 0.717) is 57.8 Å². The molecule has 2 amide bonds. The molecule has 1 aromatic heterocycles. The van der Waals surface area contributed by atoms with Gasteiger partial charge in [0, 0.05) is 43.2 Å². The Morgan fingerprint density at radius 3 is 2.48 bits per heavy atom. The van der Waals surface area contributed by atoms with E-state index in [1.807, 2.05) is 21.9 Å². The highest BCUT2D eigenvalue weighted by molar-refractivity contribution is 7.99. The van der Waals surface area contributed by atoms with Gasteiger partial charge in [-0.05, 0) is 50.5 Å². The predicted molar refractivity (Wildman–Crippen MR) is 120 cm³/mol. The van der Waals surface area contributed by atoms with Crippen LogP contribution < -0.4 is 0 Å². The minimum atomic E-state index is -0.00219. The van der Waals surface area contributed by atoms with Gasteiger partial charge < -0.3 is 14.5 Å². The van der Waals surface area contributed by atoms with E-state index in [4.69, 9.17) is 4.74 Å². The minimum absolute atomic E-state index is 0.0000942. The van der Waals surface area contributed by atoms with Gasteiger partial charge >= 0.3 is 0 Å². The molecule has 0 saturated carbocycles. The Morgan fingerprint density at radius 1 is 1.03 bits per heavy atom. The molecule has 2 fully saturated rings. The van der Waals surface area contributed by atoms with Crippen molar-refractivity contribution >= 4 is 23.6 Å². The summed E-state index contributed by atoms with van der Waals surface area (Å²) in [7, 11) is 0. The second-order valence-corrected chi connectivity index (χ2v) is 9.26. The maximum atomic E-state index is 13.3. The molecule has 2 aromatic rings. The summed E-state index contributed by atoms with van der Waals surface area (Å²) in [6.45, 7) is 7.93. The number of rotatable bonds is 4. The Bertz CT molecular complexity index is 951. The number of aromatic nitrogens is 1. The quantitative estimate of drug-likeness (QED) is 0.729. The molecule has 2 saturated heterocycles. The van der Waals surface area contributed by atoms with Crippen LogP contribution in [0.25, 0.3) is 0 Å². The van der Waals surface area contributed by atoms with E-state index in [2.05, 4.69) is 37.0 Å². The first-order valence-electron chi connectivity index (χ1n) is 10.9. The number of amides is 2. The first kappa shape index (κ1) is 21.8. The van der Waals surface area contributed by atoms with Crippen LogP contribution in [-0.2, 0) is 9.53 Å². The Labute approximate surface area is 188 Å². The first-order valence-corrected chi connectivity index (χ1v) is 11.7. The number of likely N-dealkylation sites (tertiary alicyclic amines) is 1. The standard InChI is InChI=1S/C24H29N3O3S/c1-17-5-6-21(18(2)16-17)31-22-20(4-3-9-25-22)24(29)26-10-7-19(8-11-26)23(28)27-12-14-30-15-13-27/h3-6,9,16,19H,7-8,10-15H2,1-2H3. The lowest BCUT2D eigenvalue weighted by atomic mass is 9.94. The van der Waals surface area contributed by atoms with Crippen LogP contribution >= 0.6 is 11.8 Å². The van der Waals surface area contributed by atoms with Gasteiger partial charge in [-0.1, -0.05) is 29.5 Å². The van der Waals surface area contributed by atoms with Crippen LogP contribution in [0.2, 0.25) is 0 Å². The van der Waals surface area contributed by atoms with Gasteiger partial charge in [0.25, 0.3) is 5.91 Å². The Hall–Kier alpha value is -2.38. The molecule has 6 nitrogen and oxygen atoms in total. The number of morpholine rings is 1. The van der Waals surface area contributed by atoms with E-state index in [1.54, 1.807) is 6.20 Å². The highest BCUT2D eigenvalue weighted by Crippen LogP contribution is 2.32. The van der Waals surface area contributed by atoms with E-state index in [9.17, 15) is 9.59 Å². The van der Waals surface area contributed by atoms with Crippen molar-refractivity contribution in [2.75, 3.05) is 39.4 Å². The summed E-state index contributed by atoms with van der Waals surface area (Å²) in [4.78, 5) is 35.4. The van der Waals surface area contributed by atoms with Crippen LogP contribution in [0.1, 0.15) is 34.3 Å². The molecule has 0 bridgehead atoms. The molecule has 0 aliphatic carbocycles. The van der Waals surface area contributed by atoms with E-state index in [0.717, 1.165) is 9.92 Å². The van der Waals surface area contributed by atoms with Crippen molar-refractivity contribution < 1.29 is 14.3 Å². The van der Waals surface area contributed by atoms with Crippen LogP contribution in [0.4, 0.5) is 0 Å². The van der Waals surface area contributed by atoms with Gasteiger partial charge in [-0.15, -0.1) is 0 Å². The molecule has 7 heteroatoms. The molecule has 1 aromatic carbocycles. The van der Waals surface area contributed by atoms with Gasteiger partial charge in [0.05, 0.1) is 18.8 Å². The number of carbonyl (C=O) groups is 2. The lowest BCUT2D eigenvalue weighted by Gasteiger charge is -2.35. The number of carbonyl (C=O) groups excluding carboxylic acids is 2. The van der Waals surface area contributed by atoms with Crippen molar-refractivity contribution in [3.63, 3.8) is 0 Å². The van der Waals surface area contributed by atoms with E-state index in [1.165, 1.54) is 22.9 Å². The topological polar surface area (TPSA) is 62.7 Å². The van der Waals surface area contributed by atoms with Crippen molar-refractivity contribution in [3.8, 4) is 0 Å². The second kappa shape index (κ2) is 9.83. The van der Waals surface area contributed by atoms with Gasteiger partial charge in [-0.25, -0.2) is 4.98 Å². The SMILES string of the molecule is Cc1ccc(Sc2ncccc2C(=O)N2CCC(C(=O)N3CCOCC3)CC2)c(C)c1. The molecule has 3 heterocycles. The molecule has 31 heavy (non-hydrogen) atoms. The average molecular weight is 440 g/mol. The van der Waals surface area contributed by atoms with Crippen LogP contribution in [0.15, 0.2) is 46.5 Å². The van der Waals surface area contributed by atoms with E-state index >= 15 is 0 Å². The molecule has 0 radical (unpaired) electrons. The largest absolute Gasteiger partial charge is 0.378 e. The molecule has 4 rings (SSSR count). The summed E-state index contributed by atoms with van der Waals surface area (Å²) in [6, 6.07) is 9.97. The first-order chi connectivity index (χ1) is 15.0. The molecular formula is C24H29N3O3S. The normalized spacial score (nSPS) is 17.6. The van der Waals surface area contributed by atoms with Crippen molar-refractivity contribution in [2.24, 2.45) is 5.92 Å². The number of piperidine rings is 1. The fourth-order valence-electron chi connectivity index (χ4n) is 4.19. The van der Waals surface area contributed by atoms with Crippen molar-refractivity contribution in [2.45, 2.75) is 36.6 Å². The van der Waals surface area contributed by atoms with Gasteiger partial charge in [0.1, 0.15) is 5.03 Å². The zero-order chi connectivity index (χ0) is 21.8. The van der Waals surface area contributed by atoms with Crippen LogP contribution in [-0.4, -0.2) is 66.0 Å². The molecule has 164 valence electrons. The summed E-state index contributed by atoms with van der Waals surface area (Å²) in [5.74, 6) is 0.209. The van der Waals surface area contributed by atoms with Crippen LogP contribution in [0.5, 0.6) is 0 Å². The van der Waals surface area contributed by atoms with Gasteiger partial charge in [-0.3, -0.25) is 9.59 Å². The number of nitrogens with zero attached hydrogens (tertiary/aromatic N) is 3. The maximum absolute atomic E-state index is 13.3. The number of aryl methyl sites for hydroxylation is 2. The average Bonchev–Trinajstić information content (AvgIpc) is 2.81. The van der Waals surface area contributed by atoms with Crippen molar-refractivity contribution in [1.29, 1.82) is 0 Å². The summed E-state index contributed by atoms with van der Waals surface area (Å²) in [6.07, 6.45) is 3.15. The monoisotopic (exact) mass is 439 g/mol. The lowest BCUT2D eigenvalue weighted by Crippen LogP contribution is -2.47. The zero-order valence-electron chi connectivity index (χ0n) is 18.2. The second-order valence-electron chi connectivity index (χ2n) is 8.23. The number of benzene rings is 1. The third-order valence-electron chi connectivity index (χ3n) is 5.99. The van der Waals surface area contributed by atoms with E-state index < -0.39 is 0 Å². The summed E-state index contributed by atoms with van der Waals surface area (Å²) < 4.78 is 5.35. The summed E-state index contributed by atoms with van der Waals surface area (Å²) in [5.41, 5.74) is 3.02. The maximum Gasteiger partial charge on any atom is 0.256 e. The molecule has 0 atom stereocenters. The zero-order valence-corrected chi connectivity index (χ0v) is 19.0. The Balaban J connectivity index is 1.42. The molecule has 2 aliphatic rings. The number of hydrogen-bond acceptors (Lipinski definition) is 5. The number of pyridine rings is 1. The van der Waals surface area contributed by atoms with Gasteiger partial charge in [0.2, 0.25) is 5.91 Å². The summed E-state index contributed by atoms with van der Waals surface area (Å²) in [5, 5.41) is 0.728. The van der Waals surface area contributed by atoms with E-state index in [-0.39, 0.29) is 17.7 Å². The fraction of sp³-hybridized carbons (Fsp3) is 0.458. The molecule has 2 aliphatic heterocycles. The van der Waals surface area contributed by atoms with Crippen LogP contribution in [0, 0.1) is 19.8 Å². The van der Waals surface area contributed by atoms with Crippen molar-refractivity contribution in [1.82, 2.24) is 14.8 Å². The van der Waals surface area contributed by atoms with Gasteiger partial charge in [-0.2, -0.15) is 0 Å². The lowest BCUT2D eigenvalue weighted by molar-refractivity contribution is -0.141. The fourth-order valence-corrected chi connectivity index (χ4v) is 5.14. The van der Waals surface area contributed by atoms with Crippen LogP contribution in [0.3, 0.4) is 0 Å². The third-order valence-corrected chi connectivity index (χ3v) is 7.19. The number of hydrogen-bond donors (Lipinski definition) is 0. The highest BCUT2D eigenvalue weighted by Gasteiger charge is 2.31. The Kier molecular flexibility index (Phi) is 6.92. The van der Waals surface area contributed by atoms with Crippen molar-refractivity contribution in [3.05, 3.63) is 53.2 Å². The molecular weight excluding hydrogens is 410 g/mol. The van der Waals surface area contributed by atoms with Gasteiger partial charge in [0.15, 0.2) is 0 Å². The molecule has 0 unspecified atom stereocenters. The minimum Gasteiger partial charge on any atom is -0.378 e. The Morgan fingerprint density at radius 2 is 1.77 bits per heavy atom. The third kappa shape index (κ3) is 5.10. The smallest absolute Gasteiger partial charge is 0.256 e. The predicted octanol–water partition coefficient (Wildman–Crippen LogP) is 3.56. The molecule has 0 spiro atoms. The highest BCUT2D eigenvalue weighted by atomic mass is 32.2. The summed E-state index contributed by atoms with van der Waals surface area (Å²) >= 11 is 1.53.